The van der Waals surface area contributed by atoms with E-state index in [0.29, 0.717) is 12.2 Å². The quantitative estimate of drug-likeness (QED) is 0.671. The molecule has 7 heteroatoms. The normalized spacial score (nSPS) is 10.7. The average molecular weight is 288 g/mol. The number of anilines is 1. The highest BCUT2D eigenvalue weighted by Crippen LogP contribution is 2.32. The summed E-state index contributed by atoms with van der Waals surface area (Å²) in [5.74, 6) is 5.20. The minimum absolute atomic E-state index is 0.0182. The molecule has 0 saturated heterocycles. The molecule has 0 saturated carbocycles. The Morgan fingerprint density at radius 1 is 1.53 bits per heavy atom. The van der Waals surface area contributed by atoms with Gasteiger partial charge in [0.1, 0.15) is 5.82 Å². The van der Waals surface area contributed by atoms with Crippen LogP contribution in [0.1, 0.15) is 24.5 Å². The molecular formula is C12H11F3N2OS. The lowest BCUT2D eigenvalue weighted by molar-refractivity contribution is -0.137. The van der Waals surface area contributed by atoms with Gasteiger partial charge in [0, 0.05) is 30.9 Å². The number of halogens is 3. The molecule has 0 bridgehead atoms. The molecule has 19 heavy (non-hydrogen) atoms. The minimum Gasteiger partial charge on any atom is -0.383 e. The first-order chi connectivity index (χ1) is 8.80. The van der Waals surface area contributed by atoms with E-state index >= 15 is 0 Å². The fourth-order valence-corrected chi connectivity index (χ4v) is 1.67. The first-order valence-electron chi connectivity index (χ1n) is 5.25. The zero-order valence-corrected chi connectivity index (χ0v) is 10.9. The molecule has 1 heterocycles. The Balaban J connectivity index is 2.75. The van der Waals surface area contributed by atoms with E-state index < -0.39 is 17.6 Å². The molecule has 0 aliphatic rings. The highest BCUT2D eigenvalue weighted by Gasteiger charge is 2.33. The van der Waals surface area contributed by atoms with Gasteiger partial charge in [0.05, 0.1) is 5.56 Å². The van der Waals surface area contributed by atoms with Gasteiger partial charge in [-0.05, 0) is 6.07 Å². The second kappa shape index (κ2) is 6.48. The van der Waals surface area contributed by atoms with Crippen molar-refractivity contribution in [3.8, 4) is 11.8 Å². The number of nitrogens with zero attached hydrogens (tertiary/aromatic N) is 1. The second-order valence-corrected chi connectivity index (χ2v) is 4.82. The van der Waals surface area contributed by atoms with Crippen LogP contribution >= 0.6 is 11.8 Å². The zero-order valence-electron chi connectivity index (χ0n) is 10.0. The number of hydrogen-bond acceptors (Lipinski definition) is 4. The van der Waals surface area contributed by atoms with E-state index in [1.807, 2.05) is 0 Å². The van der Waals surface area contributed by atoms with Gasteiger partial charge in [-0.2, -0.15) is 13.2 Å². The SMILES string of the molecule is CC(=O)SCCC#Cc1cnc(N)c(C(F)(F)F)c1. The average Bonchev–Trinajstić information content (AvgIpc) is 2.28. The molecule has 0 aliphatic carbocycles. The van der Waals surface area contributed by atoms with Crippen LogP contribution in [0.5, 0.6) is 0 Å². The van der Waals surface area contributed by atoms with Crippen LogP contribution in [0.3, 0.4) is 0 Å². The molecule has 0 atom stereocenters. The van der Waals surface area contributed by atoms with Crippen molar-refractivity contribution < 1.29 is 18.0 Å². The minimum atomic E-state index is -4.54. The van der Waals surface area contributed by atoms with Crippen LogP contribution in [0.15, 0.2) is 12.3 Å². The summed E-state index contributed by atoms with van der Waals surface area (Å²) in [5, 5.41) is -0.0182. The Labute approximate surface area is 112 Å². The van der Waals surface area contributed by atoms with Crippen LogP contribution in [0.2, 0.25) is 0 Å². The summed E-state index contributed by atoms with van der Waals surface area (Å²) < 4.78 is 37.7. The first kappa shape index (κ1) is 15.4. The Morgan fingerprint density at radius 3 is 2.79 bits per heavy atom. The summed E-state index contributed by atoms with van der Waals surface area (Å²) in [5.41, 5.74) is 4.32. The van der Waals surface area contributed by atoms with Gasteiger partial charge >= 0.3 is 6.18 Å². The summed E-state index contributed by atoms with van der Waals surface area (Å²) in [6.07, 6.45) is -2.94. The summed E-state index contributed by atoms with van der Waals surface area (Å²) in [6.45, 7) is 1.44. The van der Waals surface area contributed by atoms with Crippen molar-refractivity contribution in [1.29, 1.82) is 0 Å². The van der Waals surface area contributed by atoms with Crippen LogP contribution < -0.4 is 5.73 Å². The Kier molecular flexibility index (Phi) is 5.24. The van der Waals surface area contributed by atoms with Gasteiger partial charge in [-0.25, -0.2) is 4.98 Å². The molecule has 102 valence electrons. The van der Waals surface area contributed by atoms with Crippen molar-refractivity contribution in [2.45, 2.75) is 19.5 Å². The van der Waals surface area contributed by atoms with Gasteiger partial charge < -0.3 is 5.73 Å². The predicted molar refractivity (Wildman–Crippen MR) is 68.3 cm³/mol. The predicted octanol–water partition coefficient (Wildman–Crippen LogP) is 2.70. The van der Waals surface area contributed by atoms with Gasteiger partial charge in [-0.1, -0.05) is 23.6 Å². The lowest BCUT2D eigenvalue weighted by atomic mass is 10.2. The summed E-state index contributed by atoms with van der Waals surface area (Å²) in [4.78, 5) is 14.1. The number of nitrogens with two attached hydrogens (primary N) is 1. The molecule has 0 amide bonds. The van der Waals surface area contributed by atoms with Crippen LogP contribution in [-0.4, -0.2) is 15.9 Å². The lowest BCUT2D eigenvalue weighted by Gasteiger charge is -2.08. The molecule has 0 aromatic carbocycles. The molecule has 0 unspecified atom stereocenters. The smallest absolute Gasteiger partial charge is 0.383 e. The van der Waals surface area contributed by atoms with E-state index in [4.69, 9.17) is 5.73 Å². The highest BCUT2D eigenvalue weighted by molar-refractivity contribution is 8.13. The second-order valence-electron chi connectivity index (χ2n) is 3.55. The van der Waals surface area contributed by atoms with Crippen molar-refractivity contribution in [1.82, 2.24) is 4.98 Å². The number of carbonyl (C=O) groups is 1. The van der Waals surface area contributed by atoms with E-state index in [1.165, 1.54) is 13.1 Å². The molecule has 1 aromatic heterocycles. The number of carbonyl (C=O) groups excluding carboxylic acids is 1. The number of aromatic nitrogens is 1. The van der Waals surface area contributed by atoms with Crippen LogP contribution in [0, 0.1) is 11.8 Å². The molecule has 3 nitrogen and oxygen atoms in total. The maximum Gasteiger partial charge on any atom is 0.419 e. The molecule has 0 radical (unpaired) electrons. The molecular weight excluding hydrogens is 277 g/mol. The van der Waals surface area contributed by atoms with E-state index in [1.54, 1.807) is 0 Å². The summed E-state index contributed by atoms with van der Waals surface area (Å²) in [6, 6.07) is 0.869. The van der Waals surface area contributed by atoms with Crippen molar-refractivity contribution in [2.24, 2.45) is 0 Å². The summed E-state index contributed by atoms with van der Waals surface area (Å²) >= 11 is 1.12. The third-order valence-electron chi connectivity index (χ3n) is 1.99. The lowest BCUT2D eigenvalue weighted by Crippen LogP contribution is -2.10. The van der Waals surface area contributed by atoms with Crippen LogP contribution in [0.25, 0.3) is 0 Å². The molecule has 1 rings (SSSR count). The zero-order chi connectivity index (χ0) is 14.5. The van der Waals surface area contributed by atoms with Crippen molar-refractivity contribution >= 4 is 22.7 Å². The van der Waals surface area contributed by atoms with Gasteiger partial charge in [-0.15, -0.1) is 0 Å². The van der Waals surface area contributed by atoms with Gasteiger partial charge in [-0.3, -0.25) is 4.79 Å². The molecule has 0 spiro atoms. The highest BCUT2D eigenvalue weighted by atomic mass is 32.2. The molecule has 0 aliphatic heterocycles. The maximum absolute atomic E-state index is 12.6. The fraction of sp³-hybridized carbons (Fsp3) is 0.333. The molecule has 2 N–H and O–H groups in total. The standard InChI is InChI=1S/C12H11F3N2OS/c1-8(18)19-5-3-2-4-9-6-10(12(13,14)15)11(16)17-7-9/h6-7H,3,5H2,1H3,(H2,16,17). The number of nitrogen functional groups attached to an aromatic ring is 1. The van der Waals surface area contributed by atoms with Gasteiger partial charge in [0.15, 0.2) is 5.12 Å². The molecule has 0 fully saturated rings. The number of thioether (sulfide) groups is 1. The van der Waals surface area contributed by atoms with E-state index in [9.17, 15) is 18.0 Å². The van der Waals surface area contributed by atoms with Crippen LogP contribution in [0.4, 0.5) is 19.0 Å². The van der Waals surface area contributed by atoms with E-state index in [2.05, 4.69) is 16.8 Å². The van der Waals surface area contributed by atoms with E-state index in [0.717, 1.165) is 17.8 Å². The third kappa shape index (κ3) is 5.22. The maximum atomic E-state index is 12.6. The number of hydrogen-bond donors (Lipinski definition) is 1. The van der Waals surface area contributed by atoms with Gasteiger partial charge in [0.25, 0.3) is 0 Å². The number of rotatable bonds is 2. The fourth-order valence-electron chi connectivity index (χ4n) is 1.18. The monoisotopic (exact) mass is 288 g/mol. The van der Waals surface area contributed by atoms with Crippen LogP contribution in [-0.2, 0) is 11.0 Å². The van der Waals surface area contributed by atoms with E-state index in [-0.39, 0.29) is 10.7 Å². The Bertz CT molecular complexity index is 532. The Morgan fingerprint density at radius 2 is 2.21 bits per heavy atom. The summed E-state index contributed by atoms with van der Waals surface area (Å²) in [7, 11) is 0. The van der Waals surface area contributed by atoms with Crippen molar-refractivity contribution in [3.05, 3.63) is 23.4 Å². The largest absolute Gasteiger partial charge is 0.419 e. The first-order valence-corrected chi connectivity index (χ1v) is 6.24. The van der Waals surface area contributed by atoms with Gasteiger partial charge in [0.2, 0.25) is 0 Å². The Hall–Kier alpha value is -1.68. The topological polar surface area (TPSA) is 56.0 Å². The third-order valence-corrected chi connectivity index (χ3v) is 2.80. The molecule has 1 aromatic rings. The van der Waals surface area contributed by atoms with Crippen molar-refractivity contribution in [2.75, 3.05) is 11.5 Å². The van der Waals surface area contributed by atoms with Crippen molar-refractivity contribution in [3.63, 3.8) is 0 Å². The number of pyridine rings is 1. The number of alkyl halides is 3.